The van der Waals surface area contributed by atoms with Crippen LogP contribution < -0.4 is 20.5 Å². The molecule has 0 saturated carbocycles. The van der Waals surface area contributed by atoms with Crippen molar-refractivity contribution in [3.63, 3.8) is 0 Å². The molecule has 0 bridgehead atoms. The van der Waals surface area contributed by atoms with Crippen LogP contribution in [0.1, 0.15) is 47.1 Å². The van der Waals surface area contributed by atoms with Crippen molar-refractivity contribution < 1.29 is 19.5 Å². The molecule has 1 atom stereocenters. The number of ether oxygens (including phenoxy) is 2. The van der Waals surface area contributed by atoms with Gasteiger partial charge in [0.2, 0.25) is 6.29 Å². The summed E-state index contributed by atoms with van der Waals surface area (Å²) in [7, 11) is 0. The van der Waals surface area contributed by atoms with E-state index in [2.05, 4.69) is 27.4 Å². The highest BCUT2D eigenvalue weighted by Crippen LogP contribution is 2.34. The number of hydrogen-bond donors (Lipinski definition) is 3. The van der Waals surface area contributed by atoms with Crippen molar-refractivity contribution in [2.75, 3.05) is 5.32 Å². The summed E-state index contributed by atoms with van der Waals surface area (Å²) >= 11 is 1.42. The van der Waals surface area contributed by atoms with Crippen molar-refractivity contribution in [3.05, 3.63) is 89.2 Å². The molecule has 10 heteroatoms. The van der Waals surface area contributed by atoms with Crippen molar-refractivity contribution in [1.82, 2.24) is 9.97 Å². The fourth-order valence-corrected chi connectivity index (χ4v) is 4.49. The number of carbonyl (C=O) groups excluding carboxylic acids is 1. The number of anilines is 1. The Morgan fingerprint density at radius 2 is 1.76 bits per heavy atom. The first-order chi connectivity index (χ1) is 18.5. The van der Waals surface area contributed by atoms with Crippen LogP contribution in [-0.2, 0) is 0 Å². The van der Waals surface area contributed by atoms with Crippen LogP contribution >= 0.6 is 11.3 Å². The zero-order chi connectivity index (χ0) is 26.9. The zero-order valence-electron chi connectivity index (χ0n) is 21.1. The molecule has 4 aromatic rings. The van der Waals surface area contributed by atoms with Gasteiger partial charge < -0.3 is 25.7 Å². The Kier molecular flexibility index (Phi) is 8.89. The Labute approximate surface area is 225 Å². The minimum atomic E-state index is -0.494. The lowest BCUT2D eigenvalue weighted by Crippen LogP contribution is -2.24. The smallest absolute Gasteiger partial charge is 0.257 e. The summed E-state index contributed by atoms with van der Waals surface area (Å²) < 4.78 is 12.2. The lowest BCUT2D eigenvalue weighted by atomic mass is 10.1. The van der Waals surface area contributed by atoms with Gasteiger partial charge in [-0.3, -0.25) is 9.78 Å². The second kappa shape index (κ2) is 12.7. The number of nitrogens with two attached hydrogens (primary N) is 1. The second-order valence-corrected chi connectivity index (χ2v) is 9.65. The highest BCUT2D eigenvalue weighted by molar-refractivity contribution is 7.16. The Morgan fingerprint density at radius 3 is 2.37 bits per heavy atom. The van der Waals surface area contributed by atoms with E-state index in [-0.39, 0.29) is 11.7 Å². The van der Waals surface area contributed by atoms with Crippen molar-refractivity contribution in [3.8, 4) is 22.8 Å². The first-order valence-corrected chi connectivity index (χ1v) is 13.0. The standard InChI is InChI=1S/C28H29N5O4S/c1-3-4-7-24(37-23-14-10-20(11-15-23)26(29)33-35)36-22-12-8-19(9-13-22)25-28(38-18(2)31-25)32-27(34)21-6-5-16-30-17-21/h5-6,8-17,24,35H,3-4,7H2,1-2H3,(H2,29,33)(H,32,34). The molecule has 4 N–H and O–H groups in total. The second-order valence-electron chi connectivity index (χ2n) is 8.45. The van der Waals surface area contributed by atoms with Gasteiger partial charge in [-0.1, -0.05) is 18.5 Å². The Bertz CT molecular complexity index is 1370. The minimum Gasteiger partial charge on any atom is -0.455 e. The molecule has 9 nitrogen and oxygen atoms in total. The van der Waals surface area contributed by atoms with E-state index in [0.29, 0.717) is 39.7 Å². The average Bonchev–Trinajstić information content (AvgIpc) is 3.32. The van der Waals surface area contributed by atoms with Crippen molar-refractivity contribution in [1.29, 1.82) is 0 Å². The number of amidine groups is 1. The van der Waals surface area contributed by atoms with Crippen LogP contribution in [0.3, 0.4) is 0 Å². The summed E-state index contributed by atoms with van der Waals surface area (Å²) in [6.45, 7) is 4.01. The number of aryl methyl sites for hydroxylation is 1. The van der Waals surface area contributed by atoms with E-state index < -0.39 is 6.29 Å². The van der Waals surface area contributed by atoms with Gasteiger partial charge in [0.15, 0.2) is 5.84 Å². The number of carbonyl (C=O) groups is 1. The van der Waals surface area contributed by atoms with Gasteiger partial charge in [0, 0.05) is 29.9 Å². The van der Waals surface area contributed by atoms with Gasteiger partial charge in [-0.2, -0.15) is 0 Å². The molecule has 2 aromatic carbocycles. The number of rotatable bonds is 11. The summed E-state index contributed by atoms with van der Waals surface area (Å²) in [6.07, 6.45) is 5.30. The van der Waals surface area contributed by atoms with Gasteiger partial charge in [0.1, 0.15) is 22.2 Å². The summed E-state index contributed by atoms with van der Waals surface area (Å²) in [5.74, 6) is 1.06. The largest absolute Gasteiger partial charge is 0.455 e. The highest BCUT2D eigenvalue weighted by Gasteiger charge is 2.17. The third-order valence-corrected chi connectivity index (χ3v) is 6.49. The molecule has 0 aliphatic heterocycles. The minimum absolute atomic E-state index is 0.0329. The normalized spacial score (nSPS) is 12.1. The monoisotopic (exact) mass is 531 g/mol. The zero-order valence-corrected chi connectivity index (χ0v) is 21.9. The van der Waals surface area contributed by atoms with Crippen LogP contribution in [0.2, 0.25) is 0 Å². The average molecular weight is 532 g/mol. The number of hydrogen-bond acceptors (Lipinski definition) is 8. The van der Waals surface area contributed by atoms with Gasteiger partial charge in [-0.05, 0) is 74.0 Å². The molecule has 0 saturated heterocycles. The molecule has 0 aliphatic carbocycles. The summed E-state index contributed by atoms with van der Waals surface area (Å²) in [5.41, 5.74) is 8.26. The van der Waals surface area contributed by atoms with Crippen molar-refractivity contribution >= 4 is 28.1 Å². The fourth-order valence-electron chi connectivity index (χ4n) is 3.65. The fraction of sp³-hybridized carbons (Fsp3) is 0.214. The first-order valence-electron chi connectivity index (χ1n) is 12.2. The molecule has 1 amide bonds. The van der Waals surface area contributed by atoms with E-state index in [1.165, 1.54) is 17.5 Å². The summed E-state index contributed by atoms with van der Waals surface area (Å²) in [6, 6.07) is 17.9. The number of nitrogens with one attached hydrogen (secondary N) is 1. The van der Waals surface area contributed by atoms with Crippen LogP contribution in [0.15, 0.2) is 78.2 Å². The van der Waals surface area contributed by atoms with E-state index in [0.717, 1.165) is 23.4 Å². The number of nitrogens with zero attached hydrogens (tertiary/aromatic N) is 3. The molecule has 0 fully saturated rings. The van der Waals surface area contributed by atoms with Crippen LogP contribution in [-0.4, -0.2) is 33.2 Å². The van der Waals surface area contributed by atoms with Crippen LogP contribution in [0.4, 0.5) is 5.00 Å². The molecule has 0 spiro atoms. The van der Waals surface area contributed by atoms with Gasteiger partial charge in [0.25, 0.3) is 5.91 Å². The maximum Gasteiger partial charge on any atom is 0.257 e. The predicted molar refractivity (Wildman–Crippen MR) is 148 cm³/mol. The van der Waals surface area contributed by atoms with Gasteiger partial charge in [0.05, 0.1) is 10.6 Å². The number of pyridine rings is 1. The summed E-state index contributed by atoms with van der Waals surface area (Å²) in [4.78, 5) is 21.3. The lowest BCUT2D eigenvalue weighted by molar-refractivity contribution is -0.00211. The molecular weight excluding hydrogens is 502 g/mol. The third-order valence-electron chi connectivity index (χ3n) is 5.60. The molecule has 4 rings (SSSR count). The molecule has 0 aliphatic rings. The molecule has 196 valence electrons. The highest BCUT2D eigenvalue weighted by atomic mass is 32.1. The Morgan fingerprint density at radius 1 is 1.08 bits per heavy atom. The predicted octanol–water partition coefficient (Wildman–Crippen LogP) is 5.83. The van der Waals surface area contributed by atoms with E-state index in [9.17, 15) is 4.79 Å². The molecule has 1 unspecified atom stereocenters. The molecule has 2 aromatic heterocycles. The number of benzene rings is 2. The summed E-state index contributed by atoms with van der Waals surface area (Å²) in [5, 5.41) is 16.3. The van der Waals surface area contributed by atoms with E-state index >= 15 is 0 Å². The quantitative estimate of drug-likeness (QED) is 0.0729. The van der Waals surface area contributed by atoms with E-state index in [4.69, 9.17) is 20.4 Å². The van der Waals surface area contributed by atoms with Crippen LogP contribution in [0, 0.1) is 6.92 Å². The molecule has 38 heavy (non-hydrogen) atoms. The van der Waals surface area contributed by atoms with Crippen LogP contribution in [0.25, 0.3) is 11.3 Å². The number of unbranched alkanes of at least 4 members (excludes halogenated alkanes) is 1. The third kappa shape index (κ3) is 6.86. The number of thiazole rings is 1. The molecule has 2 heterocycles. The van der Waals surface area contributed by atoms with Crippen molar-refractivity contribution in [2.24, 2.45) is 10.9 Å². The van der Waals surface area contributed by atoms with Gasteiger partial charge >= 0.3 is 0 Å². The molecular formula is C28H29N5O4S. The van der Waals surface area contributed by atoms with E-state index in [1.54, 1.807) is 42.6 Å². The first kappa shape index (κ1) is 26.6. The maximum absolute atomic E-state index is 12.7. The number of oxime groups is 1. The number of aromatic nitrogens is 2. The molecule has 0 radical (unpaired) electrons. The SMILES string of the molecule is CCCCC(Oc1ccc(C(N)=NO)cc1)Oc1ccc(-c2nc(C)sc2NC(=O)c2cccnc2)cc1. The Balaban J connectivity index is 1.46. The van der Waals surface area contributed by atoms with E-state index in [1.807, 2.05) is 31.2 Å². The maximum atomic E-state index is 12.7. The van der Waals surface area contributed by atoms with Gasteiger partial charge in [-0.25, -0.2) is 4.98 Å². The lowest BCUT2D eigenvalue weighted by Gasteiger charge is -2.21. The Hall–Kier alpha value is -4.44. The number of amides is 1. The topological polar surface area (TPSA) is 132 Å². The van der Waals surface area contributed by atoms with Crippen molar-refractivity contribution in [2.45, 2.75) is 39.4 Å². The van der Waals surface area contributed by atoms with Gasteiger partial charge in [-0.15, -0.1) is 11.3 Å². The van der Waals surface area contributed by atoms with Crippen LogP contribution in [0.5, 0.6) is 11.5 Å².